The Hall–Kier alpha value is -0.630. The van der Waals surface area contributed by atoms with Gasteiger partial charge in [-0.25, -0.2) is 0 Å². The first-order valence-corrected chi connectivity index (χ1v) is 9.37. The fraction of sp³-hybridized carbons (Fsp3) is 0.684. The van der Waals surface area contributed by atoms with Crippen LogP contribution in [0.25, 0.3) is 0 Å². The summed E-state index contributed by atoms with van der Waals surface area (Å²) in [5, 5.41) is 0. The van der Waals surface area contributed by atoms with Crippen LogP contribution < -0.4 is 4.52 Å². The Kier molecular flexibility index (Phi) is 5.16. The van der Waals surface area contributed by atoms with Crippen LogP contribution in [-0.2, 0) is 19.9 Å². The molecule has 0 aliphatic carbocycles. The van der Waals surface area contributed by atoms with Gasteiger partial charge in [-0.2, -0.15) is 0 Å². The largest absolute Gasteiger partial charge is 0.426 e. The smallest absolute Gasteiger partial charge is 0.397 e. The van der Waals surface area contributed by atoms with Crippen molar-refractivity contribution >= 4 is 8.60 Å². The first-order valence-electron chi connectivity index (χ1n) is 8.27. The van der Waals surface area contributed by atoms with E-state index in [-0.39, 0.29) is 16.2 Å². The quantitative estimate of drug-likeness (QED) is 0.623. The number of benzene rings is 1. The number of rotatable bonds is 2. The van der Waals surface area contributed by atoms with Crippen LogP contribution in [0.4, 0.5) is 0 Å². The fourth-order valence-corrected chi connectivity index (χ4v) is 3.74. The molecule has 1 heterocycles. The van der Waals surface area contributed by atoms with Crippen LogP contribution in [0.5, 0.6) is 5.75 Å². The molecule has 0 spiro atoms. The third-order valence-corrected chi connectivity index (χ3v) is 4.97. The summed E-state index contributed by atoms with van der Waals surface area (Å²) in [6.45, 7) is 18.9. The van der Waals surface area contributed by atoms with E-state index in [1.165, 1.54) is 11.1 Å². The average Bonchev–Trinajstić information content (AvgIpc) is 2.39. The molecule has 0 amide bonds. The Morgan fingerprint density at radius 3 is 2.00 bits per heavy atom. The van der Waals surface area contributed by atoms with Gasteiger partial charge in [-0.15, -0.1) is 0 Å². The van der Waals surface area contributed by atoms with E-state index in [2.05, 4.69) is 73.6 Å². The van der Waals surface area contributed by atoms with E-state index < -0.39 is 8.60 Å². The predicted octanol–water partition coefficient (Wildman–Crippen LogP) is 5.96. The lowest BCUT2D eigenvalue weighted by Gasteiger charge is -2.34. The van der Waals surface area contributed by atoms with Crippen LogP contribution in [0.3, 0.4) is 0 Å². The minimum Gasteiger partial charge on any atom is -0.426 e. The molecule has 1 saturated heterocycles. The number of hydrogen-bond donors (Lipinski definition) is 0. The van der Waals surface area contributed by atoms with Crippen molar-refractivity contribution in [1.29, 1.82) is 0 Å². The second kappa shape index (κ2) is 6.35. The molecule has 1 aromatic rings. The normalized spacial score (nSPS) is 19.7. The molecule has 0 atom stereocenters. The maximum absolute atomic E-state index is 6.09. The van der Waals surface area contributed by atoms with Crippen molar-refractivity contribution in [2.45, 2.75) is 66.2 Å². The summed E-state index contributed by atoms with van der Waals surface area (Å²) in [4.78, 5) is 0. The molecule has 23 heavy (non-hydrogen) atoms. The van der Waals surface area contributed by atoms with Crippen molar-refractivity contribution in [2.24, 2.45) is 5.41 Å². The summed E-state index contributed by atoms with van der Waals surface area (Å²) < 4.78 is 17.7. The van der Waals surface area contributed by atoms with E-state index in [4.69, 9.17) is 13.6 Å². The zero-order chi connectivity index (χ0) is 17.5. The summed E-state index contributed by atoms with van der Waals surface area (Å²) in [6, 6.07) is 6.47. The molecule has 0 radical (unpaired) electrons. The third kappa shape index (κ3) is 4.92. The molecule has 0 unspecified atom stereocenters. The summed E-state index contributed by atoms with van der Waals surface area (Å²) in [5.41, 5.74) is 2.69. The van der Waals surface area contributed by atoms with Crippen molar-refractivity contribution in [2.75, 3.05) is 13.2 Å². The second-order valence-electron chi connectivity index (χ2n) is 9.24. The molecule has 3 nitrogen and oxygen atoms in total. The Morgan fingerprint density at radius 2 is 1.52 bits per heavy atom. The van der Waals surface area contributed by atoms with E-state index in [1.54, 1.807) is 0 Å². The summed E-state index contributed by atoms with van der Waals surface area (Å²) >= 11 is 0. The minimum atomic E-state index is -1.31. The lowest BCUT2D eigenvalue weighted by Crippen LogP contribution is -2.29. The van der Waals surface area contributed by atoms with Crippen LogP contribution in [0.1, 0.15) is 66.5 Å². The maximum atomic E-state index is 6.09. The molecule has 130 valence electrons. The standard InChI is InChI=1S/C19H31O3P/c1-17(2,3)14-9-10-16(15(11-14)18(4,5)6)22-23-20-12-19(7,8)13-21-23/h9-11H,12-13H2,1-8H3. The van der Waals surface area contributed by atoms with Gasteiger partial charge < -0.3 is 13.6 Å². The van der Waals surface area contributed by atoms with Gasteiger partial charge >= 0.3 is 8.60 Å². The van der Waals surface area contributed by atoms with Gasteiger partial charge in [0.25, 0.3) is 0 Å². The predicted molar refractivity (Wildman–Crippen MR) is 97.1 cm³/mol. The molecule has 0 aromatic heterocycles. The van der Waals surface area contributed by atoms with Gasteiger partial charge in [-0.1, -0.05) is 67.5 Å². The monoisotopic (exact) mass is 338 g/mol. The molecular formula is C19H31O3P. The van der Waals surface area contributed by atoms with Gasteiger partial charge in [0.1, 0.15) is 5.75 Å². The molecule has 1 aliphatic rings. The molecule has 4 heteroatoms. The lowest BCUT2D eigenvalue weighted by atomic mass is 9.80. The van der Waals surface area contributed by atoms with Crippen LogP contribution in [0.15, 0.2) is 18.2 Å². The van der Waals surface area contributed by atoms with Gasteiger partial charge in [0.05, 0.1) is 13.2 Å². The first-order chi connectivity index (χ1) is 10.4. The van der Waals surface area contributed by atoms with E-state index in [1.807, 2.05) is 0 Å². The third-order valence-electron chi connectivity index (χ3n) is 3.95. The average molecular weight is 338 g/mol. The number of hydrogen-bond acceptors (Lipinski definition) is 3. The zero-order valence-corrected chi connectivity index (χ0v) is 16.7. The van der Waals surface area contributed by atoms with Crippen molar-refractivity contribution < 1.29 is 13.6 Å². The Morgan fingerprint density at radius 1 is 0.957 bits per heavy atom. The highest BCUT2D eigenvalue weighted by molar-refractivity contribution is 7.42. The summed E-state index contributed by atoms with van der Waals surface area (Å²) in [5.74, 6) is 0.872. The SMILES string of the molecule is CC1(C)COP(Oc2ccc(C(C)(C)C)cc2C(C)(C)C)OC1. The van der Waals surface area contributed by atoms with Gasteiger partial charge in [0, 0.05) is 11.0 Å². The second-order valence-corrected chi connectivity index (χ2v) is 10.4. The van der Waals surface area contributed by atoms with Gasteiger partial charge in [0.15, 0.2) is 0 Å². The van der Waals surface area contributed by atoms with Gasteiger partial charge in [-0.05, 0) is 22.5 Å². The van der Waals surface area contributed by atoms with Gasteiger partial charge in [-0.3, -0.25) is 0 Å². The van der Waals surface area contributed by atoms with Crippen molar-refractivity contribution in [3.63, 3.8) is 0 Å². The lowest BCUT2D eigenvalue weighted by molar-refractivity contribution is 0.0425. The molecule has 0 saturated carbocycles. The summed E-state index contributed by atoms with van der Waals surface area (Å²) in [7, 11) is -1.31. The molecule has 0 bridgehead atoms. The zero-order valence-electron chi connectivity index (χ0n) is 15.8. The van der Waals surface area contributed by atoms with Crippen molar-refractivity contribution in [3.8, 4) is 5.75 Å². The molecular weight excluding hydrogens is 307 g/mol. The molecule has 2 rings (SSSR count). The highest BCUT2D eigenvalue weighted by Gasteiger charge is 2.32. The molecule has 1 aliphatic heterocycles. The van der Waals surface area contributed by atoms with Crippen LogP contribution >= 0.6 is 8.60 Å². The topological polar surface area (TPSA) is 27.7 Å². The maximum Gasteiger partial charge on any atom is 0.397 e. The van der Waals surface area contributed by atoms with Crippen LogP contribution in [0, 0.1) is 5.41 Å². The Bertz CT molecular complexity index is 543. The minimum absolute atomic E-state index is 0.000976. The van der Waals surface area contributed by atoms with E-state index in [0.29, 0.717) is 13.2 Å². The van der Waals surface area contributed by atoms with Crippen LogP contribution in [-0.4, -0.2) is 13.2 Å². The highest BCUT2D eigenvalue weighted by Crippen LogP contribution is 2.49. The van der Waals surface area contributed by atoms with E-state index in [9.17, 15) is 0 Å². The van der Waals surface area contributed by atoms with Crippen molar-refractivity contribution in [1.82, 2.24) is 0 Å². The summed E-state index contributed by atoms with van der Waals surface area (Å²) in [6.07, 6.45) is 0. The highest BCUT2D eigenvalue weighted by atomic mass is 31.2. The molecule has 0 N–H and O–H groups in total. The fourth-order valence-electron chi connectivity index (χ4n) is 2.33. The Balaban J connectivity index is 2.25. The molecule has 1 fully saturated rings. The van der Waals surface area contributed by atoms with Crippen LogP contribution in [0.2, 0.25) is 0 Å². The van der Waals surface area contributed by atoms with E-state index >= 15 is 0 Å². The van der Waals surface area contributed by atoms with Gasteiger partial charge in [0.2, 0.25) is 0 Å². The Labute approximate surface area is 142 Å². The van der Waals surface area contributed by atoms with Crippen molar-refractivity contribution in [3.05, 3.63) is 29.3 Å². The first kappa shape index (κ1) is 18.7. The molecule has 1 aromatic carbocycles. The van der Waals surface area contributed by atoms with E-state index in [0.717, 1.165) is 5.75 Å².